The summed E-state index contributed by atoms with van der Waals surface area (Å²) >= 11 is 0. The number of ether oxygens (including phenoxy) is 2. The Morgan fingerprint density at radius 2 is 1.17 bits per heavy atom. The predicted octanol–water partition coefficient (Wildman–Crippen LogP) is 7.62. The van der Waals surface area contributed by atoms with Gasteiger partial charge >= 0.3 is 12.2 Å². The lowest BCUT2D eigenvalue weighted by Gasteiger charge is -2.30. The van der Waals surface area contributed by atoms with E-state index in [2.05, 4.69) is 88.2 Å². The van der Waals surface area contributed by atoms with E-state index in [1.54, 1.807) is 0 Å². The molecule has 14 nitrogen and oxygen atoms in total. The van der Waals surface area contributed by atoms with Crippen LogP contribution in [0.2, 0.25) is 0 Å². The fourth-order valence-electron chi connectivity index (χ4n) is 8.36. The first-order valence-electron chi connectivity index (χ1n) is 20.4. The summed E-state index contributed by atoms with van der Waals surface area (Å²) in [6, 6.07) is 19.3. The van der Waals surface area contributed by atoms with Crippen molar-refractivity contribution in [3.05, 3.63) is 84.7 Å². The molecule has 0 bridgehead atoms. The molecule has 4 N–H and O–H groups in total. The van der Waals surface area contributed by atoms with Crippen molar-refractivity contribution >= 4 is 34.8 Å². The standard InChI is InChI=1S/C45H54N8O6/c1-25(2)38(50-44(56)58-6)42(54)52-18-8-9-36(52)40-46-23-35(49-40)33-17-16-31-20-30(14-15-32(31)21-33)28-10-12-29(13-11-28)34-22-47-41(48-34)37-19-27(5)24-53(37)43(55)39(26(3)4)51-45(57)59-7/h10-17,20-23,25-27,36-39H,8-9,18-19,24H2,1-7H3,(H,46,49)(H,47,48)(H,50,56)(H,51,57)/t27-,36+,37+,38+,39+/m1/s1. The highest BCUT2D eigenvalue weighted by Gasteiger charge is 2.40. The number of aromatic amines is 2. The monoisotopic (exact) mass is 802 g/mol. The number of imidazole rings is 2. The molecule has 2 saturated heterocycles. The summed E-state index contributed by atoms with van der Waals surface area (Å²) < 4.78 is 9.55. The summed E-state index contributed by atoms with van der Waals surface area (Å²) in [5.74, 6) is 1.24. The van der Waals surface area contributed by atoms with E-state index >= 15 is 0 Å². The van der Waals surface area contributed by atoms with Gasteiger partial charge in [0.05, 0.1) is 50.1 Å². The van der Waals surface area contributed by atoms with Crippen molar-refractivity contribution in [2.75, 3.05) is 27.3 Å². The Bertz CT molecular complexity index is 2320. The van der Waals surface area contributed by atoms with Crippen LogP contribution >= 0.6 is 0 Å². The van der Waals surface area contributed by atoms with E-state index in [1.165, 1.54) is 14.2 Å². The number of amides is 4. The van der Waals surface area contributed by atoms with E-state index < -0.39 is 24.3 Å². The molecule has 0 unspecified atom stereocenters. The molecule has 4 heterocycles. The van der Waals surface area contributed by atoms with E-state index in [0.717, 1.165) is 75.3 Å². The van der Waals surface area contributed by atoms with Crippen LogP contribution < -0.4 is 10.6 Å². The number of nitrogens with zero attached hydrogens (tertiary/aromatic N) is 4. The Morgan fingerprint density at radius 3 is 1.75 bits per heavy atom. The van der Waals surface area contributed by atoms with E-state index in [4.69, 9.17) is 19.4 Å². The predicted molar refractivity (Wildman–Crippen MR) is 225 cm³/mol. The first-order valence-corrected chi connectivity index (χ1v) is 20.4. The van der Waals surface area contributed by atoms with Crippen LogP contribution in [0, 0.1) is 17.8 Å². The molecule has 5 aromatic rings. The Labute approximate surface area is 344 Å². The van der Waals surface area contributed by atoms with Crippen molar-refractivity contribution in [2.45, 2.75) is 78.0 Å². The zero-order valence-electron chi connectivity index (χ0n) is 34.7. The van der Waals surface area contributed by atoms with Gasteiger partial charge in [-0.05, 0) is 76.6 Å². The highest BCUT2D eigenvalue weighted by molar-refractivity contribution is 5.91. The molecule has 14 heteroatoms. The number of hydrogen-bond acceptors (Lipinski definition) is 8. The van der Waals surface area contributed by atoms with Gasteiger partial charge in [0.1, 0.15) is 23.7 Å². The van der Waals surface area contributed by atoms with E-state index in [1.807, 2.05) is 49.9 Å². The minimum atomic E-state index is -0.699. The molecule has 2 aromatic heterocycles. The van der Waals surface area contributed by atoms with Crippen LogP contribution in [-0.2, 0) is 19.1 Å². The third-order valence-corrected chi connectivity index (χ3v) is 11.6. The van der Waals surface area contributed by atoms with Crippen LogP contribution in [0.5, 0.6) is 0 Å². The van der Waals surface area contributed by atoms with Gasteiger partial charge in [0.2, 0.25) is 11.8 Å². The van der Waals surface area contributed by atoms with Crippen molar-refractivity contribution in [3.63, 3.8) is 0 Å². The maximum atomic E-state index is 13.7. The number of fused-ring (bicyclic) bond motifs is 1. The second-order valence-electron chi connectivity index (χ2n) is 16.5. The molecule has 0 aliphatic carbocycles. The molecule has 2 aliphatic heterocycles. The topological polar surface area (TPSA) is 175 Å². The third kappa shape index (κ3) is 8.67. The fraction of sp³-hybridized carbons (Fsp3) is 0.422. The lowest BCUT2D eigenvalue weighted by atomic mass is 9.98. The van der Waals surface area contributed by atoms with E-state index in [0.29, 0.717) is 13.1 Å². The van der Waals surface area contributed by atoms with Crippen LogP contribution in [0.25, 0.3) is 44.4 Å². The zero-order valence-corrected chi connectivity index (χ0v) is 34.7. The average Bonchev–Trinajstić information content (AvgIpc) is 4.08. The van der Waals surface area contributed by atoms with Gasteiger partial charge in [0, 0.05) is 18.7 Å². The largest absolute Gasteiger partial charge is 0.453 e. The number of carbonyl (C=O) groups excluding carboxylic acids is 4. The molecule has 2 aliphatic rings. The minimum Gasteiger partial charge on any atom is -0.453 e. The zero-order chi connectivity index (χ0) is 42.0. The number of methoxy groups -OCH3 is 2. The molecular formula is C45H54N8O6. The molecule has 5 atom stereocenters. The van der Waals surface area contributed by atoms with Crippen molar-refractivity contribution < 1.29 is 28.7 Å². The first-order chi connectivity index (χ1) is 28.3. The number of H-pyrrole nitrogens is 2. The normalized spacial score (nSPS) is 19.0. The second kappa shape index (κ2) is 17.4. The Hall–Kier alpha value is -6.18. The number of benzene rings is 3. The maximum Gasteiger partial charge on any atom is 0.407 e. The van der Waals surface area contributed by atoms with Crippen LogP contribution in [0.1, 0.15) is 77.6 Å². The quantitative estimate of drug-likeness (QED) is 0.106. The van der Waals surface area contributed by atoms with Gasteiger partial charge in [-0.15, -0.1) is 0 Å². The number of hydrogen-bond donors (Lipinski definition) is 4. The maximum absolute atomic E-state index is 13.7. The van der Waals surface area contributed by atoms with Gasteiger partial charge in [-0.3, -0.25) is 9.59 Å². The summed E-state index contributed by atoms with van der Waals surface area (Å²) in [4.78, 5) is 71.3. The van der Waals surface area contributed by atoms with Crippen molar-refractivity contribution in [2.24, 2.45) is 17.8 Å². The van der Waals surface area contributed by atoms with Crippen molar-refractivity contribution in [1.82, 2.24) is 40.4 Å². The molecule has 310 valence electrons. The molecule has 3 aromatic carbocycles. The molecular weight excluding hydrogens is 749 g/mol. The molecule has 7 rings (SSSR count). The first kappa shape index (κ1) is 41.0. The molecule has 2 fully saturated rings. The summed E-state index contributed by atoms with van der Waals surface area (Å²) in [6.07, 6.45) is 4.79. The second-order valence-corrected chi connectivity index (χ2v) is 16.5. The summed E-state index contributed by atoms with van der Waals surface area (Å²) in [6.45, 7) is 10.9. The highest BCUT2D eigenvalue weighted by Crippen LogP contribution is 2.37. The number of likely N-dealkylation sites (tertiary alicyclic amines) is 2. The molecule has 4 amide bonds. The fourth-order valence-corrected chi connectivity index (χ4v) is 8.36. The Balaban J connectivity index is 1.03. The van der Waals surface area contributed by atoms with E-state index in [9.17, 15) is 19.2 Å². The summed E-state index contributed by atoms with van der Waals surface area (Å²) in [5.41, 5.74) is 5.88. The van der Waals surface area contributed by atoms with Gasteiger partial charge in [0.25, 0.3) is 0 Å². The van der Waals surface area contributed by atoms with Gasteiger partial charge in [-0.1, -0.05) is 83.1 Å². The minimum absolute atomic E-state index is 0.106. The van der Waals surface area contributed by atoms with Crippen molar-refractivity contribution in [1.29, 1.82) is 0 Å². The summed E-state index contributed by atoms with van der Waals surface area (Å²) in [7, 11) is 2.59. The van der Waals surface area contributed by atoms with Crippen LogP contribution in [-0.4, -0.2) is 93.1 Å². The van der Waals surface area contributed by atoms with Crippen LogP contribution in [0.15, 0.2) is 73.1 Å². The molecule has 59 heavy (non-hydrogen) atoms. The number of nitrogens with one attached hydrogen (secondary N) is 4. The summed E-state index contributed by atoms with van der Waals surface area (Å²) in [5, 5.41) is 7.61. The number of alkyl carbamates (subject to hydrolysis) is 2. The van der Waals surface area contributed by atoms with Gasteiger partial charge < -0.3 is 39.9 Å². The Morgan fingerprint density at radius 1 is 0.678 bits per heavy atom. The lowest BCUT2D eigenvalue weighted by molar-refractivity contribution is -0.136. The number of aromatic nitrogens is 4. The van der Waals surface area contributed by atoms with Gasteiger partial charge in [-0.25, -0.2) is 19.6 Å². The smallest absolute Gasteiger partial charge is 0.407 e. The van der Waals surface area contributed by atoms with Crippen LogP contribution in [0.4, 0.5) is 9.59 Å². The van der Waals surface area contributed by atoms with Gasteiger partial charge in [-0.2, -0.15) is 0 Å². The lowest BCUT2D eigenvalue weighted by Crippen LogP contribution is -2.51. The average molecular weight is 803 g/mol. The highest BCUT2D eigenvalue weighted by atomic mass is 16.5. The van der Waals surface area contributed by atoms with E-state index in [-0.39, 0.29) is 41.7 Å². The van der Waals surface area contributed by atoms with Crippen LogP contribution in [0.3, 0.4) is 0 Å². The SMILES string of the molecule is COC(=O)N[C@H](C(=O)N1CCC[C@H]1c1ncc(-c2ccc3cc(-c4ccc(-c5cnc([C@@H]6C[C@@H](C)CN6C(=O)[C@@H](NC(=O)OC)C(C)C)[nH]5)cc4)ccc3c2)[nH]1)C(C)C. The van der Waals surface area contributed by atoms with Gasteiger partial charge in [0.15, 0.2) is 0 Å². The number of rotatable bonds is 11. The molecule has 0 saturated carbocycles. The Kier molecular flexibility index (Phi) is 12.1. The molecule has 0 radical (unpaired) electrons. The third-order valence-electron chi connectivity index (χ3n) is 11.6. The number of carbonyl (C=O) groups is 4. The van der Waals surface area contributed by atoms with Crippen molar-refractivity contribution in [3.8, 4) is 33.6 Å². The molecule has 0 spiro atoms.